The first-order chi connectivity index (χ1) is 18.8. The fourth-order valence-electron chi connectivity index (χ4n) is 3.95. The lowest BCUT2D eigenvalue weighted by atomic mass is 10.1. The summed E-state index contributed by atoms with van der Waals surface area (Å²) in [5.41, 5.74) is 2.44. The van der Waals surface area contributed by atoms with Gasteiger partial charge in [0.15, 0.2) is 0 Å². The zero-order valence-corrected chi connectivity index (χ0v) is 24.1. The van der Waals surface area contributed by atoms with Crippen molar-refractivity contribution in [2.75, 3.05) is 32.1 Å². The van der Waals surface area contributed by atoms with Crippen molar-refractivity contribution in [3.63, 3.8) is 0 Å². The van der Waals surface area contributed by atoms with Crippen LogP contribution in [0, 0.1) is 0 Å². The summed E-state index contributed by atoms with van der Waals surface area (Å²) < 4.78 is 11.2. The van der Waals surface area contributed by atoms with E-state index in [0.29, 0.717) is 34.4 Å². The monoisotopic (exact) mass is 570 g/mol. The molecule has 0 spiro atoms. The van der Waals surface area contributed by atoms with Gasteiger partial charge >= 0.3 is 5.97 Å². The first-order valence-corrected chi connectivity index (χ1v) is 14.0. The highest BCUT2D eigenvalue weighted by molar-refractivity contribution is 6.35. The van der Waals surface area contributed by atoms with E-state index in [2.05, 4.69) is 5.32 Å². The summed E-state index contributed by atoms with van der Waals surface area (Å²) in [4.78, 5) is 26.5. The Morgan fingerprint density at radius 3 is 2.00 bits per heavy atom. The van der Waals surface area contributed by atoms with Gasteiger partial charge in [-0.2, -0.15) is 0 Å². The lowest BCUT2D eigenvalue weighted by Gasteiger charge is -2.12. The number of carbonyl (C=O) groups is 2. The molecule has 0 heterocycles. The van der Waals surface area contributed by atoms with E-state index in [1.807, 2.05) is 43.3 Å². The van der Waals surface area contributed by atoms with Gasteiger partial charge < -0.3 is 19.7 Å². The fraction of sp³-hybridized carbons (Fsp3) is 0.355. The van der Waals surface area contributed by atoms with Gasteiger partial charge in [-0.3, -0.25) is 4.79 Å². The van der Waals surface area contributed by atoms with Crippen molar-refractivity contribution >= 4 is 40.8 Å². The summed E-state index contributed by atoms with van der Waals surface area (Å²) in [5.74, 6) is 0.687. The Morgan fingerprint density at radius 1 is 0.769 bits per heavy atom. The third-order valence-electron chi connectivity index (χ3n) is 6.11. The number of nitrogens with zero attached hydrogens (tertiary/aromatic N) is 1. The van der Waals surface area contributed by atoms with Crippen LogP contribution in [0.5, 0.6) is 11.5 Å². The molecule has 0 aromatic heterocycles. The molecule has 0 saturated carbocycles. The number of hydrogen-bond acceptors (Lipinski definition) is 5. The van der Waals surface area contributed by atoms with Crippen LogP contribution in [0.2, 0.25) is 10.0 Å². The molecule has 3 aromatic carbocycles. The zero-order chi connectivity index (χ0) is 28.0. The molecule has 0 atom stereocenters. The van der Waals surface area contributed by atoms with E-state index >= 15 is 0 Å². The molecule has 0 radical (unpaired) electrons. The van der Waals surface area contributed by atoms with E-state index in [0.717, 1.165) is 62.1 Å². The number of esters is 1. The van der Waals surface area contributed by atoms with E-state index in [-0.39, 0.29) is 5.91 Å². The third-order valence-corrected chi connectivity index (χ3v) is 6.55. The molecule has 0 aliphatic heterocycles. The highest BCUT2D eigenvalue weighted by atomic mass is 35.5. The van der Waals surface area contributed by atoms with Crippen molar-refractivity contribution in [3.8, 4) is 11.5 Å². The molecular weight excluding hydrogens is 535 g/mol. The molecule has 0 aliphatic rings. The number of nitrogens with one attached hydrogen (secondary N) is 1. The van der Waals surface area contributed by atoms with Gasteiger partial charge in [-0.15, -0.1) is 0 Å². The maximum Gasteiger partial charge on any atom is 0.343 e. The number of carbonyl (C=O) groups excluding carboxylic acids is 2. The standard InChI is InChI=1S/C31H36Cl2N2O4/c1-35(2)27-11-9-23(10-12-27)19-30(36)34-17-7-5-3-4-6-8-18-38-28-13-15-29(16-14-28)39-31(37)24-20-25(32)22-26(33)21-24/h9-16,20-22H,3-8,17-19H2,1-2H3,(H,34,36). The highest BCUT2D eigenvalue weighted by Gasteiger charge is 2.11. The first-order valence-electron chi connectivity index (χ1n) is 13.2. The molecule has 1 amide bonds. The second-order valence-corrected chi connectivity index (χ2v) is 10.4. The topological polar surface area (TPSA) is 67.9 Å². The molecule has 3 aromatic rings. The smallest absolute Gasteiger partial charge is 0.343 e. The summed E-state index contributed by atoms with van der Waals surface area (Å²) in [6.07, 6.45) is 6.84. The normalized spacial score (nSPS) is 10.7. The van der Waals surface area contributed by atoms with Gasteiger partial charge in [0.05, 0.1) is 18.6 Å². The predicted octanol–water partition coefficient (Wildman–Crippen LogP) is 7.36. The van der Waals surface area contributed by atoms with Crippen LogP contribution < -0.4 is 19.7 Å². The molecule has 0 bridgehead atoms. The molecule has 8 heteroatoms. The van der Waals surface area contributed by atoms with Crippen molar-refractivity contribution in [2.24, 2.45) is 0 Å². The van der Waals surface area contributed by atoms with Crippen LogP contribution in [-0.4, -0.2) is 39.1 Å². The van der Waals surface area contributed by atoms with Gasteiger partial charge in [0.2, 0.25) is 5.91 Å². The van der Waals surface area contributed by atoms with Crippen molar-refractivity contribution in [3.05, 3.63) is 87.9 Å². The fourth-order valence-corrected chi connectivity index (χ4v) is 4.48. The summed E-state index contributed by atoms with van der Waals surface area (Å²) in [5, 5.41) is 3.77. The molecule has 1 N–H and O–H groups in total. The number of ether oxygens (including phenoxy) is 2. The zero-order valence-electron chi connectivity index (χ0n) is 22.6. The third kappa shape index (κ3) is 11.2. The molecule has 39 heavy (non-hydrogen) atoms. The number of halogens is 2. The predicted molar refractivity (Wildman–Crippen MR) is 159 cm³/mol. The molecule has 0 aliphatic carbocycles. The van der Waals surface area contributed by atoms with Crippen molar-refractivity contribution < 1.29 is 19.1 Å². The Balaban J connectivity index is 1.20. The van der Waals surface area contributed by atoms with E-state index < -0.39 is 5.97 Å². The van der Waals surface area contributed by atoms with Crippen molar-refractivity contribution in [1.82, 2.24) is 5.32 Å². The first kappa shape index (κ1) is 30.3. The van der Waals surface area contributed by atoms with Crippen LogP contribution in [-0.2, 0) is 11.2 Å². The van der Waals surface area contributed by atoms with Gasteiger partial charge in [0.1, 0.15) is 11.5 Å². The van der Waals surface area contributed by atoms with Crippen molar-refractivity contribution in [2.45, 2.75) is 44.9 Å². The lowest BCUT2D eigenvalue weighted by molar-refractivity contribution is -0.120. The summed E-state index contributed by atoms with van der Waals surface area (Å²) in [6, 6.07) is 19.6. The van der Waals surface area contributed by atoms with Crippen LogP contribution in [0.1, 0.15) is 54.4 Å². The minimum absolute atomic E-state index is 0.0713. The Morgan fingerprint density at radius 2 is 1.36 bits per heavy atom. The Kier molecular flexibility index (Phi) is 12.5. The minimum Gasteiger partial charge on any atom is -0.494 e. The van der Waals surface area contributed by atoms with Crippen molar-refractivity contribution in [1.29, 1.82) is 0 Å². The van der Waals surface area contributed by atoms with Gasteiger partial charge in [-0.25, -0.2) is 4.79 Å². The number of rotatable bonds is 15. The summed E-state index contributed by atoms with van der Waals surface area (Å²) in [7, 11) is 4.00. The molecular formula is C31H36Cl2N2O4. The molecule has 0 unspecified atom stereocenters. The molecule has 0 fully saturated rings. The van der Waals surface area contributed by atoms with Gasteiger partial charge in [-0.05, 0) is 73.0 Å². The average molecular weight is 572 g/mol. The van der Waals surface area contributed by atoms with Crippen LogP contribution in [0.15, 0.2) is 66.7 Å². The largest absolute Gasteiger partial charge is 0.494 e. The molecule has 3 rings (SSSR count). The summed E-state index contributed by atoms with van der Waals surface area (Å²) >= 11 is 11.9. The van der Waals surface area contributed by atoms with E-state index in [9.17, 15) is 9.59 Å². The number of anilines is 1. The van der Waals surface area contributed by atoms with E-state index in [1.54, 1.807) is 30.3 Å². The highest BCUT2D eigenvalue weighted by Crippen LogP contribution is 2.22. The second-order valence-electron chi connectivity index (χ2n) is 9.58. The minimum atomic E-state index is -0.526. The quantitative estimate of drug-likeness (QED) is 0.117. The summed E-state index contributed by atoms with van der Waals surface area (Å²) in [6.45, 7) is 1.35. The van der Waals surface area contributed by atoms with E-state index in [1.165, 1.54) is 12.1 Å². The maximum absolute atomic E-state index is 12.3. The number of unbranched alkanes of at least 4 members (excludes halogenated alkanes) is 5. The van der Waals surface area contributed by atoms with E-state index in [4.69, 9.17) is 32.7 Å². The SMILES string of the molecule is CN(C)c1ccc(CC(=O)NCCCCCCCCOc2ccc(OC(=O)c3cc(Cl)cc(Cl)c3)cc2)cc1. The molecule has 208 valence electrons. The van der Waals surface area contributed by atoms with Crippen LogP contribution >= 0.6 is 23.2 Å². The maximum atomic E-state index is 12.3. The number of benzene rings is 3. The molecule has 0 saturated heterocycles. The Hall–Kier alpha value is -3.22. The second kappa shape index (κ2) is 16.0. The van der Waals surface area contributed by atoms with Crippen LogP contribution in [0.4, 0.5) is 5.69 Å². The van der Waals surface area contributed by atoms with Crippen LogP contribution in [0.25, 0.3) is 0 Å². The average Bonchev–Trinajstić information content (AvgIpc) is 2.90. The Labute approximate surface area is 241 Å². The van der Waals surface area contributed by atoms with Gasteiger partial charge in [0.25, 0.3) is 0 Å². The Bertz CT molecular complexity index is 1180. The van der Waals surface area contributed by atoms with Crippen LogP contribution in [0.3, 0.4) is 0 Å². The van der Waals surface area contributed by atoms with Gasteiger partial charge in [0, 0.05) is 36.4 Å². The molecule has 6 nitrogen and oxygen atoms in total. The number of hydrogen-bond donors (Lipinski definition) is 1. The van der Waals surface area contributed by atoms with Gasteiger partial charge in [-0.1, -0.05) is 61.0 Å². The lowest BCUT2D eigenvalue weighted by Crippen LogP contribution is -2.26. The number of amides is 1.